The van der Waals surface area contributed by atoms with Crippen LogP contribution in [0.2, 0.25) is 0 Å². The second-order valence-electron chi connectivity index (χ2n) is 4.35. The zero-order valence-electron chi connectivity index (χ0n) is 10.5. The van der Waals surface area contributed by atoms with E-state index in [1.807, 2.05) is 66.7 Å². The van der Waals surface area contributed by atoms with Gasteiger partial charge in [-0.05, 0) is 15.9 Å². The van der Waals surface area contributed by atoms with Crippen LogP contribution < -0.4 is 0 Å². The quantitative estimate of drug-likeness (QED) is 0.521. The first-order chi connectivity index (χ1) is 9.75. The Kier molecular flexibility index (Phi) is 3.81. The van der Waals surface area contributed by atoms with Crippen molar-refractivity contribution in [2.45, 2.75) is 0 Å². The zero-order chi connectivity index (χ0) is 13.9. The van der Waals surface area contributed by atoms with Gasteiger partial charge in [-0.3, -0.25) is 0 Å². The van der Waals surface area contributed by atoms with Gasteiger partial charge in [-0.15, -0.1) is 0 Å². The van der Waals surface area contributed by atoms with Crippen LogP contribution in [-0.4, -0.2) is 0 Å². The first-order valence-electron chi connectivity index (χ1n) is 6.20. The highest BCUT2D eigenvalue weighted by molar-refractivity contribution is 9.10. The molecule has 0 aliphatic rings. The zero-order valence-corrected chi connectivity index (χ0v) is 12.9. The van der Waals surface area contributed by atoms with Crippen LogP contribution in [0.3, 0.4) is 0 Å². The Hall–Kier alpha value is -1.71. The molecule has 0 radical (unpaired) electrons. The molecule has 2 aromatic carbocycles. The van der Waals surface area contributed by atoms with Crippen LogP contribution in [0.15, 0.2) is 75.6 Å². The largest absolute Gasteiger partial charge is 0.455 e. The summed E-state index contributed by atoms with van der Waals surface area (Å²) in [7, 11) is 0. The lowest BCUT2D eigenvalue weighted by Gasteiger charge is -2.08. The molecule has 0 bridgehead atoms. The Morgan fingerprint density at radius 1 is 0.800 bits per heavy atom. The first-order valence-corrected chi connectivity index (χ1v) is 7.40. The van der Waals surface area contributed by atoms with E-state index in [1.54, 1.807) is 0 Å². The number of halogens is 1. The Bertz CT molecular complexity index is 779. The van der Waals surface area contributed by atoms with Gasteiger partial charge >= 0.3 is 0 Å². The highest BCUT2D eigenvalue weighted by Gasteiger charge is 2.10. The summed E-state index contributed by atoms with van der Waals surface area (Å²) < 4.78 is 7.61. The van der Waals surface area contributed by atoms with Crippen molar-refractivity contribution >= 4 is 28.1 Å². The number of hydrogen-bond donors (Lipinski definition) is 0. The fraction of sp³-hybridized carbons (Fsp3) is 0. The monoisotopic (exact) mass is 342 g/mol. The van der Waals surface area contributed by atoms with Crippen molar-refractivity contribution in [3.63, 3.8) is 0 Å². The Morgan fingerprint density at radius 3 is 1.95 bits per heavy atom. The fourth-order valence-electron chi connectivity index (χ4n) is 2.00. The summed E-state index contributed by atoms with van der Waals surface area (Å²) in [6, 6.07) is 21.8. The molecular weight excluding hydrogens is 332 g/mol. The van der Waals surface area contributed by atoms with Gasteiger partial charge < -0.3 is 4.42 Å². The molecule has 20 heavy (non-hydrogen) atoms. The minimum Gasteiger partial charge on any atom is -0.455 e. The predicted octanol–water partition coefficient (Wildman–Crippen LogP) is 6.11. The van der Waals surface area contributed by atoms with Gasteiger partial charge in [0.1, 0.15) is 11.5 Å². The molecule has 1 nitrogen and oxygen atoms in total. The van der Waals surface area contributed by atoms with E-state index in [1.165, 1.54) is 0 Å². The molecule has 0 saturated heterocycles. The summed E-state index contributed by atoms with van der Waals surface area (Å²) >= 11 is 8.95. The topological polar surface area (TPSA) is 13.1 Å². The van der Waals surface area contributed by atoms with Crippen LogP contribution >= 0.6 is 28.1 Å². The molecule has 3 heteroatoms. The molecule has 0 aliphatic heterocycles. The minimum absolute atomic E-state index is 0.744. The number of benzene rings is 2. The fourth-order valence-corrected chi connectivity index (χ4v) is 2.62. The van der Waals surface area contributed by atoms with E-state index in [-0.39, 0.29) is 0 Å². The summed E-state index contributed by atoms with van der Waals surface area (Å²) in [5, 5.41) is 0. The third kappa shape index (κ3) is 2.60. The Balaban J connectivity index is 2.22. The van der Waals surface area contributed by atoms with E-state index in [9.17, 15) is 0 Å². The van der Waals surface area contributed by atoms with Gasteiger partial charge in [0.25, 0.3) is 0 Å². The van der Waals surface area contributed by atoms with Crippen molar-refractivity contribution in [3.8, 4) is 22.6 Å². The van der Waals surface area contributed by atoms with Crippen LogP contribution in [-0.2, 0) is 0 Å². The molecular formula is C17H11BrOS. The molecule has 0 atom stereocenters. The molecule has 3 rings (SSSR count). The molecule has 0 aliphatic carbocycles. The normalized spacial score (nSPS) is 10.4. The van der Waals surface area contributed by atoms with Crippen LogP contribution in [0.4, 0.5) is 0 Å². The Morgan fingerprint density at radius 2 is 1.35 bits per heavy atom. The molecule has 1 heterocycles. The molecule has 98 valence electrons. The first kappa shape index (κ1) is 13.3. The highest BCUT2D eigenvalue weighted by atomic mass is 79.9. The average Bonchev–Trinajstić information content (AvgIpc) is 2.51. The third-order valence-electron chi connectivity index (χ3n) is 2.98. The lowest BCUT2D eigenvalue weighted by molar-refractivity contribution is 0.578. The summed E-state index contributed by atoms with van der Waals surface area (Å²) in [6.45, 7) is 0. The molecule has 0 spiro atoms. The molecule has 0 amide bonds. The van der Waals surface area contributed by atoms with Crippen LogP contribution in [0, 0.1) is 4.51 Å². The second-order valence-corrected chi connectivity index (χ2v) is 5.58. The van der Waals surface area contributed by atoms with Crippen molar-refractivity contribution in [1.82, 2.24) is 0 Å². The van der Waals surface area contributed by atoms with Crippen LogP contribution in [0.1, 0.15) is 0 Å². The number of hydrogen-bond acceptors (Lipinski definition) is 2. The van der Waals surface area contributed by atoms with Gasteiger partial charge in [0.15, 0.2) is 0 Å². The van der Waals surface area contributed by atoms with Crippen molar-refractivity contribution < 1.29 is 4.42 Å². The van der Waals surface area contributed by atoms with Gasteiger partial charge in [0.2, 0.25) is 0 Å². The van der Waals surface area contributed by atoms with E-state index in [0.717, 1.165) is 31.6 Å². The molecule has 0 unspecified atom stereocenters. The van der Waals surface area contributed by atoms with Gasteiger partial charge in [0.05, 0.1) is 8.98 Å². The lowest BCUT2D eigenvalue weighted by atomic mass is 10.1. The van der Waals surface area contributed by atoms with Crippen molar-refractivity contribution in [2.75, 3.05) is 0 Å². The SMILES string of the molecule is S=c1cc(-c2ccccc2)oc(-c2ccccc2)c1Br. The average molecular weight is 343 g/mol. The second kappa shape index (κ2) is 5.73. The lowest BCUT2D eigenvalue weighted by Crippen LogP contribution is -1.84. The summed E-state index contributed by atoms with van der Waals surface area (Å²) in [6.07, 6.45) is 0. The van der Waals surface area contributed by atoms with Crippen LogP contribution in [0.25, 0.3) is 22.6 Å². The standard InChI is InChI=1S/C17H11BrOS/c18-16-15(20)11-14(12-7-3-1-4-8-12)19-17(16)13-9-5-2-6-10-13/h1-11H. The van der Waals surface area contributed by atoms with E-state index < -0.39 is 0 Å². The summed E-state index contributed by atoms with van der Waals surface area (Å²) in [5.41, 5.74) is 2.02. The maximum Gasteiger partial charge on any atom is 0.150 e. The van der Waals surface area contributed by atoms with E-state index in [0.29, 0.717) is 0 Å². The van der Waals surface area contributed by atoms with E-state index in [2.05, 4.69) is 15.9 Å². The van der Waals surface area contributed by atoms with Gasteiger partial charge in [-0.25, -0.2) is 0 Å². The third-order valence-corrected chi connectivity index (χ3v) is 4.36. The molecule has 1 aromatic heterocycles. The summed E-state index contributed by atoms with van der Waals surface area (Å²) in [4.78, 5) is 0. The van der Waals surface area contributed by atoms with Gasteiger partial charge in [-0.2, -0.15) is 0 Å². The van der Waals surface area contributed by atoms with Crippen molar-refractivity contribution in [3.05, 3.63) is 75.7 Å². The minimum atomic E-state index is 0.744. The van der Waals surface area contributed by atoms with Gasteiger partial charge in [-0.1, -0.05) is 72.9 Å². The number of rotatable bonds is 2. The molecule has 0 fully saturated rings. The van der Waals surface area contributed by atoms with E-state index >= 15 is 0 Å². The van der Waals surface area contributed by atoms with Crippen molar-refractivity contribution in [2.24, 2.45) is 0 Å². The van der Waals surface area contributed by atoms with Crippen LogP contribution in [0.5, 0.6) is 0 Å². The Labute approximate surface area is 131 Å². The maximum absolute atomic E-state index is 6.05. The maximum atomic E-state index is 6.05. The summed E-state index contributed by atoms with van der Waals surface area (Å²) in [5.74, 6) is 1.54. The van der Waals surface area contributed by atoms with E-state index in [4.69, 9.17) is 16.6 Å². The molecule has 3 aromatic rings. The predicted molar refractivity (Wildman–Crippen MR) is 88.1 cm³/mol. The van der Waals surface area contributed by atoms with Crippen molar-refractivity contribution in [1.29, 1.82) is 0 Å². The highest BCUT2D eigenvalue weighted by Crippen LogP contribution is 2.33. The molecule has 0 saturated carbocycles. The van der Waals surface area contributed by atoms with Gasteiger partial charge in [0, 0.05) is 17.2 Å². The smallest absolute Gasteiger partial charge is 0.150 e. The molecule has 0 N–H and O–H groups in total.